The molecule has 0 aromatic heterocycles. The number of hydrogen-bond acceptors (Lipinski definition) is 6. The van der Waals surface area contributed by atoms with Crippen molar-refractivity contribution in [1.82, 2.24) is 0 Å². The van der Waals surface area contributed by atoms with E-state index in [0.717, 1.165) is 0 Å². The molecule has 154 valence electrons. The van der Waals surface area contributed by atoms with E-state index in [1.807, 2.05) is 0 Å². The lowest BCUT2D eigenvalue weighted by Gasteiger charge is -2.10. The van der Waals surface area contributed by atoms with Crippen molar-refractivity contribution >= 4 is 33.0 Å². The lowest BCUT2D eigenvalue weighted by Crippen LogP contribution is -2.14. The van der Waals surface area contributed by atoms with Gasteiger partial charge in [-0.15, -0.1) is 0 Å². The zero-order chi connectivity index (χ0) is 21.7. The number of carbonyl (C=O) groups is 1. The molecule has 0 aliphatic carbocycles. The second-order valence-corrected chi connectivity index (χ2v) is 7.80. The van der Waals surface area contributed by atoms with E-state index in [1.165, 1.54) is 79.9 Å². The highest BCUT2D eigenvalue weighted by atomic mass is 32.2. The number of non-ortho nitro benzene ring substituents is 1. The van der Waals surface area contributed by atoms with Gasteiger partial charge in [0.2, 0.25) is 0 Å². The second kappa shape index (κ2) is 8.62. The molecule has 0 spiro atoms. The van der Waals surface area contributed by atoms with Gasteiger partial charge in [0.05, 0.1) is 16.9 Å². The molecule has 3 aromatic carbocycles. The largest absolute Gasteiger partial charge is 0.497 e. The number of anilines is 2. The first kappa shape index (κ1) is 20.8. The zero-order valence-corrected chi connectivity index (χ0v) is 16.5. The number of nitrogens with zero attached hydrogens (tertiary/aromatic N) is 1. The van der Waals surface area contributed by atoms with E-state index in [2.05, 4.69) is 10.0 Å². The summed E-state index contributed by atoms with van der Waals surface area (Å²) in [6.45, 7) is 0. The Bertz CT molecular complexity index is 1180. The molecule has 0 fully saturated rings. The van der Waals surface area contributed by atoms with Crippen molar-refractivity contribution in [2.45, 2.75) is 4.90 Å². The molecule has 0 heterocycles. The maximum atomic E-state index is 12.5. The maximum Gasteiger partial charge on any atom is 0.271 e. The summed E-state index contributed by atoms with van der Waals surface area (Å²) in [5.41, 5.74) is 0.668. The molecule has 0 radical (unpaired) electrons. The third kappa shape index (κ3) is 4.92. The van der Waals surface area contributed by atoms with Crippen LogP contribution in [0.3, 0.4) is 0 Å². The van der Waals surface area contributed by atoms with Crippen LogP contribution in [0.2, 0.25) is 0 Å². The Morgan fingerprint density at radius 3 is 2.23 bits per heavy atom. The fourth-order valence-corrected chi connectivity index (χ4v) is 3.62. The van der Waals surface area contributed by atoms with Gasteiger partial charge in [0.25, 0.3) is 21.6 Å². The standard InChI is InChI=1S/C20H17N3O6S/c1-29-18-9-11-19(12-10-18)30(27,28)22-15-7-5-14(6-8-15)20(24)21-16-3-2-4-17(13-16)23(25)26/h2-13,22H,1H3,(H,21,24). The molecule has 1 amide bonds. The first-order valence-electron chi connectivity index (χ1n) is 8.61. The topological polar surface area (TPSA) is 128 Å². The number of carbonyl (C=O) groups excluding carboxylic acids is 1. The van der Waals surface area contributed by atoms with E-state index in [0.29, 0.717) is 5.75 Å². The molecule has 3 rings (SSSR count). The van der Waals surface area contributed by atoms with Gasteiger partial charge >= 0.3 is 0 Å². The van der Waals surface area contributed by atoms with Gasteiger partial charge in [0.1, 0.15) is 5.75 Å². The minimum atomic E-state index is -3.80. The quantitative estimate of drug-likeness (QED) is 0.437. The van der Waals surface area contributed by atoms with E-state index in [1.54, 1.807) is 0 Å². The number of benzene rings is 3. The van der Waals surface area contributed by atoms with Crippen LogP contribution in [0.25, 0.3) is 0 Å². The van der Waals surface area contributed by atoms with Gasteiger partial charge in [-0.2, -0.15) is 0 Å². The molecule has 2 N–H and O–H groups in total. The van der Waals surface area contributed by atoms with Crippen LogP contribution in [0.5, 0.6) is 5.75 Å². The number of sulfonamides is 1. The third-order valence-electron chi connectivity index (χ3n) is 4.08. The van der Waals surface area contributed by atoms with Crippen molar-refractivity contribution in [1.29, 1.82) is 0 Å². The molecule has 0 saturated carbocycles. The van der Waals surface area contributed by atoms with Crippen molar-refractivity contribution in [3.05, 3.63) is 88.5 Å². The van der Waals surface area contributed by atoms with Crippen LogP contribution < -0.4 is 14.8 Å². The predicted molar refractivity (Wildman–Crippen MR) is 111 cm³/mol. The number of nitro groups is 1. The van der Waals surface area contributed by atoms with Gasteiger partial charge in [0.15, 0.2) is 0 Å². The Hall–Kier alpha value is -3.92. The molecule has 0 bridgehead atoms. The monoisotopic (exact) mass is 427 g/mol. The summed E-state index contributed by atoms with van der Waals surface area (Å²) in [5, 5.41) is 13.4. The fraction of sp³-hybridized carbons (Fsp3) is 0.0500. The summed E-state index contributed by atoms with van der Waals surface area (Å²) in [6.07, 6.45) is 0. The number of ether oxygens (including phenoxy) is 1. The Morgan fingerprint density at radius 2 is 1.63 bits per heavy atom. The molecule has 0 unspecified atom stereocenters. The van der Waals surface area contributed by atoms with E-state index in [4.69, 9.17) is 4.74 Å². The molecule has 0 saturated heterocycles. The molecule has 30 heavy (non-hydrogen) atoms. The Labute approximate surface area is 172 Å². The van der Waals surface area contributed by atoms with Gasteiger partial charge < -0.3 is 10.1 Å². The van der Waals surface area contributed by atoms with E-state index in [-0.39, 0.29) is 27.5 Å². The lowest BCUT2D eigenvalue weighted by molar-refractivity contribution is -0.384. The van der Waals surface area contributed by atoms with Crippen molar-refractivity contribution in [2.75, 3.05) is 17.1 Å². The number of hydrogen-bond donors (Lipinski definition) is 2. The predicted octanol–water partition coefficient (Wildman–Crippen LogP) is 3.66. The fourth-order valence-electron chi connectivity index (χ4n) is 2.56. The van der Waals surface area contributed by atoms with E-state index >= 15 is 0 Å². The van der Waals surface area contributed by atoms with Crippen LogP contribution in [0.15, 0.2) is 77.7 Å². The van der Waals surface area contributed by atoms with Crippen LogP contribution in [-0.2, 0) is 10.0 Å². The zero-order valence-electron chi connectivity index (χ0n) is 15.7. The van der Waals surface area contributed by atoms with Crippen molar-refractivity contribution < 1.29 is 22.9 Å². The minimum absolute atomic E-state index is 0.0655. The average molecular weight is 427 g/mol. The summed E-state index contributed by atoms with van der Waals surface area (Å²) < 4.78 is 32.4. The molecular weight excluding hydrogens is 410 g/mol. The number of rotatable bonds is 7. The molecule has 0 aliphatic rings. The summed E-state index contributed by atoms with van der Waals surface area (Å²) in [4.78, 5) is 22.7. The highest BCUT2D eigenvalue weighted by Crippen LogP contribution is 2.21. The first-order valence-corrected chi connectivity index (χ1v) is 10.1. The molecule has 0 aliphatic heterocycles. The Morgan fingerprint density at radius 1 is 0.967 bits per heavy atom. The van der Waals surface area contributed by atoms with Crippen molar-refractivity contribution in [2.24, 2.45) is 0 Å². The highest BCUT2D eigenvalue weighted by molar-refractivity contribution is 7.92. The second-order valence-electron chi connectivity index (χ2n) is 6.12. The van der Waals surface area contributed by atoms with Gasteiger partial charge in [-0.25, -0.2) is 8.42 Å². The SMILES string of the molecule is COc1ccc(S(=O)(=O)Nc2ccc(C(=O)Nc3cccc([N+](=O)[O-])c3)cc2)cc1. The van der Waals surface area contributed by atoms with Gasteiger partial charge in [-0.1, -0.05) is 6.07 Å². The summed E-state index contributed by atoms with van der Waals surface area (Å²) >= 11 is 0. The summed E-state index contributed by atoms with van der Waals surface area (Å²) in [7, 11) is -2.32. The minimum Gasteiger partial charge on any atom is -0.497 e. The number of nitro benzene ring substituents is 1. The Balaban J connectivity index is 1.70. The highest BCUT2D eigenvalue weighted by Gasteiger charge is 2.15. The Kier molecular flexibility index (Phi) is 5.98. The normalized spacial score (nSPS) is 10.8. The summed E-state index contributed by atoms with van der Waals surface area (Å²) in [5.74, 6) is 0.0492. The van der Waals surface area contributed by atoms with E-state index < -0.39 is 20.9 Å². The first-order chi connectivity index (χ1) is 14.3. The van der Waals surface area contributed by atoms with Crippen LogP contribution in [0, 0.1) is 10.1 Å². The van der Waals surface area contributed by atoms with Crippen LogP contribution in [0.4, 0.5) is 17.1 Å². The molecule has 10 heteroatoms. The third-order valence-corrected chi connectivity index (χ3v) is 5.48. The molecule has 9 nitrogen and oxygen atoms in total. The maximum absolute atomic E-state index is 12.5. The van der Waals surface area contributed by atoms with Gasteiger partial charge in [-0.3, -0.25) is 19.6 Å². The molecule has 0 atom stereocenters. The molecule has 3 aromatic rings. The van der Waals surface area contributed by atoms with E-state index in [9.17, 15) is 23.3 Å². The van der Waals surface area contributed by atoms with Crippen LogP contribution >= 0.6 is 0 Å². The van der Waals surface area contributed by atoms with Crippen LogP contribution in [0.1, 0.15) is 10.4 Å². The number of methoxy groups -OCH3 is 1. The summed E-state index contributed by atoms with van der Waals surface area (Å²) in [6, 6.07) is 17.3. The average Bonchev–Trinajstić information content (AvgIpc) is 2.74. The molecular formula is C20H17N3O6S. The van der Waals surface area contributed by atoms with Crippen molar-refractivity contribution in [3.8, 4) is 5.75 Å². The van der Waals surface area contributed by atoms with Crippen molar-refractivity contribution in [3.63, 3.8) is 0 Å². The van der Waals surface area contributed by atoms with Gasteiger partial charge in [-0.05, 0) is 54.6 Å². The smallest absolute Gasteiger partial charge is 0.271 e. The lowest BCUT2D eigenvalue weighted by atomic mass is 10.2. The number of nitrogens with one attached hydrogen (secondary N) is 2. The van der Waals surface area contributed by atoms with Crippen LogP contribution in [-0.4, -0.2) is 26.4 Å². The number of amides is 1. The van der Waals surface area contributed by atoms with Gasteiger partial charge in [0, 0.05) is 29.1 Å².